The first-order valence-electron chi connectivity index (χ1n) is 8.48. The van der Waals surface area contributed by atoms with Crippen LogP contribution in [0.5, 0.6) is 5.75 Å². The summed E-state index contributed by atoms with van der Waals surface area (Å²) in [7, 11) is 5.06. The minimum absolute atomic E-state index is 0.0651. The number of halogens is 1. The number of nitrogens with one attached hydrogen (secondary N) is 1. The Morgan fingerprint density at radius 2 is 1.63 bits per heavy atom. The third-order valence-corrected chi connectivity index (χ3v) is 4.20. The van der Waals surface area contributed by atoms with E-state index >= 15 is 0 Å². The zero-order valence-electron chi connectivity index (χ0n) is 15.7. The van der Waals surface area contributed by atoms with E-state index < -0.39 is 0 Å². The molecule has 0 aliphatic carbocycles. The highest BCUT2D eigenvalue weighted by Gasteiger charge is 2.14. The van der Waals surface area contributed by atoms with Crippen molar-refractivity contribution in [2.45, 2.75) is 6.54 Å². The third kappa shape index (κ3) is 6.92. The van der Waals surface area contributed by atoms with Crippen LogP contribution >= 0.6 is 11.6 Å². The largest absolute Gasteiger partial charge is 0.497 e. The first kappa shape index (κ1) is 20.7. The number of hydrogen-bond donors (Lipinski definition) is 1. The summed E-state index contributed by atoms with van der Waals surface area (Å²) in [6.07, 6.45) is 0. The fraction of sp³-hybridized carbons (Fsp3) is 0.300. The topological polar surface area (TPSA) is 61.9 Å². The molecule has 0 spiro atoms. The molecule has 1 N–H and O–H groups in total. The van der Waals surface area contributed by atoms with Gasteiger partial charge < -0.3 is 15.0 Å². The normalized spacial score (nSPS) is 10.6. The lowest BCUT2D eigenvalue weighted by Gasteiger charge is -2.21. The van der Waals surface area contributed by atoms with E-state index in [9.17, 15) is 9.59 Å². The van der Waals surface area contributed by atoms with Crippen molar-refractivity contribution in [2.75, 3.05) is 39.6 Å². The molecule has 0 aliphatic rings. The molecule has 6 nitrogen and oxygen atoms in total. The maximum atomic E-state index is 12.3. The number of benzene rings is 2. The Bertz CT molecular complexity index is 763. The minimum atomic E-state index is -0.184. The smallest absolute Gasteiger partial charge is 0.238 e. The monoisotopic (exact) mass is 389 g/mol. The number of rotatable bonds is 8. The molecule has 2 aromatic carbocycles. The second-order valence-corrected chi connectivity index (χ2v) is 6.76. The van der Waals surface area contributed by atoms with Crippen LogP contribution in [0, 0.1) is 0 Å². The van der Waals surface area contributed by atoms with Crippen molar-refractivity contribution < 1.29 is 14.3 Å². The highest BCUT2D eigenvalue weighted by Crippen LogP contribution is 2.15. The number of nitrogens with zero attached hydrogens (tertiary/aromatic N) is 2. The molecule has 144 valence electrons. The zero-order valence-corrected chi connectivity index (χ0v) is 16.5. The summed E-state index contributed by atoms with van der Waals surface area (Å²) in [5.41, 5.74) is 1.68. The van der Waals surface area contributed by atoms with Crippen molar-refractivity contribution in [1.82, 2.24) is 9.80 Å². The highest BCUT2D eigenvalue weighted by molar-refractivity contribution is 6.30. The van der Waals surface area contributed by atoms with Gasteiger partial charge >= 0.3 is 0 Å². The van der Waals surface area contributed by atoms with Gasteiger partial charge in [0.05, 0.1) is 20.2 Å². The fourth-order valence-electron chi connectivity index (χ4n) is 2.48. The van der Waals surface area contributed by atoms with Gasteiger partial charge in [-0.25, -0.2) is 0 Å². The van der Waals surface area contributed by atoms with E-state index in [2.05, 4.69) is 5.32 Å². The van der Waals surface area contributed by atoms with Crippen molar-refractivity contribution in [3.05, 3.63) is 59.1 Å². The summed E-state index contributed by atoms with van der Waals surface area (Å²) in [6, 6.07) is 14.4. The van der Waals surface area contributed by atoms with Crippen LogP contribution in [-0.2, 0) is 16.1 Å². The van der Waals surface area contributed by atoms with Crippen LogP contribution in [0.4, 0.5) is 5.69 Å². The summed E-state index contributed by atoms with van der Waals surface area (Å²) in [4.78, 5) is 27.8. The van der Waals surface area contributed by atoms with E-state index in [0.717, 1.165) is 11.3 Å². The lowest BCUT2D eigenvalue weighted by molar-refractivity contribution is -0.131. The maximum absolute atomic E-state index is 12.3. The molecule has 2 aromatic rings. The lowest BCUT2D eigenvalue weighted by atomic mass is 10.2. The second kappa shape index (κ2) is 9.94. The van der Waals surface area contributed by atoms with Crippen molar-refractivity contribution in [2.24, 2.45) is 0 Å². The third-order valence-electron chi connectivity index (χ3n) is 3.95. The molecule has 0 radical (unpaired) electrons. The number of carbonyl (C=O) groups is 2. The number of anilines is 1. The predicted molar refractivity (Wildman–Crippen MR) is 107 cm³/mol. The Morgan fingerprint density at radius 3 is 2.22 bits per heavy atom. The molecular weight excluding hydrogens is 366 g/mol. The van der Waals surface area contributed by atoms with Gasteiger partial charge in [-0.05, 0) is 49.0 Å². The molecule has 27 heavy (non-hydrogen) atoms. The minimum Gasteiger partial charge on any atom is -0.497 e. The van der Waals surface area contributed by atoms with Crippen LogP contribution in [0.1, 0.15) is 5.56 Å². The average molecular weight is 390 g/mol. The van der Waals surface area contributed by atoms with Gasteiger partial charge in [0.2, 0.25) is 11.8 Å². The van der Waals surface area contributed by atoms with Crippen molar-refractivity contribution in [1.29, 1.82) is 0 Å². The number of methoxy groups -OCH3 is 1. The van der Waals surface area contributed by atoms with E-state index in [0.29, 0.717) is 17.3 Å². The maximum Gasteiger partial charge on any atom is 0.238 e. The van der Waals surface area contributed by atoms with Crippen LogP contribution in [0.3, 0.4) is 0 Å². The Kier molecular flexibility index (Phi) is 7.64. The summed E-state index contributed by atoms with van der Waals surface area (Å²) >= 11 is 5.87. The van der Waals surface area contributed by atoms with E-state index in [-0.39, 0.29) is 24.9 Å². The van der Waals surface area contributed by atoms with Gasteiger partial charge in [0.15, 0.2) is 0 Å². The summed E-state index contributed by atoms with van der Waals surface area (Å²) in [5.74, 6) is 0.472. The second-order valence-electron chi connectivity index (χ2n) is 6.33. The van der Waals surface area contributed by atoms with Gasteiger partial charge in [-0.1, -0.05) is 23.7 Å². The van der Waals surface area contributed by atoms with Crippen molar-refractivity contribution in [3.63, 3.8) is 0 Å². The van der Waals surface area contributed by atoms with Crippen LogP contribution in [0.2, 0.25) is 5.02 Å². The summed E-state index contributed by atoms with van der Waals surface area (Å²) < 4.78 is 5.08. The molecule has 0 atom stereocenters. The Morgan fingerprint density at radius 1 is 1.00 bits per heavy atom. The number of amides is 2. The van der Waals surface area contributed by atoms with Crippen LogP contribution < -0.4 is 10.1 Å². The molecule has 0 heterocycles. The van der Waals surface area contributed by atoms with Crippen molar-refractivity contribution in [3.8, 4) is 5.75 Å². The lowest BCUT2D eigenvalue weighted by Crippen LogP contribution is -2.39. The van der Waals surface area contributed by atoms with Crippen LogP contribution in [-0.4, -0.2) is 55.9 Å². The van der Waals surface area contributed by atoms with Gasteiger partial charge in [-0.2, -0.15) is 0 Å². The first-order chi connectivity index (χ1) is 12.9. The Hall–Kier alpha value is -2.57. The molecular formula is C20H24ClN3O3. The Balaban J connectivity index is 1.78. The van der Waals surface area contributed by atoms with E-state index in [4.69, 9.17) is 16.3 Å². The van der Waals surface area contributed by atoms with E-state index in [1.807, 2.05) is 12.1 Å². The van der Waals surface area contributed by atoms with E-state index in [1.54, 1.807) is 67.4 Å². The van der Waals surface area contributed by atoms with Gasteiger partial charge in [-0.15, -0.1) is 0 Å². The summed E-state index contributed by atoms with van der Waals surface area (Å²) in [6.45, 7) is 0.758. The number of likely N-dealkylation sites (N-methyl/N-ethyl adjacent to an activating group) is 2. The molecule has 0 aromatic heterocycles. The molecule has 2 rings (SSSR count). The van der Waals surface area contributed by atoms with E-state index in [1.165, 1.54) is 0 Å². The molecule has 0 aliphatic heterocycles. The van der Waals surface area contributed by atoms with Crippen molar-refractivity contribution >= 4 is 29.1 Å². The zero-order chi connectivity index (χ0) is 19.8. The SMILES string of the molecule is COc1ccc(NC(=O)CN(C)CC(=O)N(C)Cc2ccc(Cl)cc2)cc1. The highest BCUT2D eigenvalue weighted by atomic mass is 35.5. The van der Waals surface area contributed by atoms with Gasteiger partial charge in [0, 0.05) is 24.3 Å². The molecule has 7 heteroatoms. The summed E-state index contributed by atoms with van der Waals surface area (Å²) in [5, 5.41) is 3.46. The first-order valence-corrected chi connectivity index (χ1v) is 8.86. The molecule has 0 unspecified atom stereocenters. The van der Waals surface area contributed by atoms with Crippen LogP contribution in [0.25, 0.3) is 0 Å². The number of ether oxygens (including phenoxy) is 1. The quantitative estimate of drug-likeness (QED) is 0.754. The molecule has 0 saturated carbocycles. The van der Waals surface area contributed by atoms with Crippen LogP contribution in [0.15, 0.2) is 48.5 Å². The molecule has 0 fully saturated rings. The standard InChI is InChI=1S/C20H24ClN3O3/c1-23(13-19(25)22-17-8-10-18(27-3)11-9-17)14-20(26)24(2)12-15-4-6-16(21)7-5-15/h4-11H,12-14H2,1-3H3,(H,22,25). The predicted octanol–water partition coefficient (Wildman–Crippen LogP) is 2.88. The Labute approximate surface area is 164 Å². The van der Waals surface area contributed by atoms with Gasteiger partial charge in [0.25, 0.3) is 0 Å². The molecule has 0 saturated heterocycles. The number of carbonyl (C=O) groups excluding carboxylic acids is 2. The van der Waals surface area contributed by atoms with Gasteiger partial charge in [0.1, 0.15) is 5.75 Å². The fourth-order valence-corrected chi connectivity index (χ4v) is 2.61. The molecule has 2 amide bonds. The number of hydrogen-bond acceptors (Lipinski definition) is 4. The van der Waals surface area contributed by atoms with Gasteiger partial charge in [-0.3, -0.25) is 14.5 Å². The average Bonchev–Trinajstić information content (AvgIpc) is 2.63. The molecule has 0 bridgehead atoms.